The Morgan fingerprint density at radius 3 is 2.89 bits per heavy atom. The van der Waals surface area contributed by atoms with Crippen molar-refractivity contribution in [3.05, 3.63) is 58.5 Å². The number of ether oxygens (including phenoxy) is 1. The lowest BCUT2D eigenvalue weighted by Crippen LogP contribution is -2.32. The molecule has 0 amide bonds. The zero-order valence-electron chi connectivity index (χ0n) is 19.7. The van der Waals surface area contributed by atoms with Crippen molar-refractivity contribution in [2.24, 2.45) is 0 Å². The lowest BCUT2D eigenvalue weighted by Gasteiger charge is -2.32. The maximum Gasteiger partial charge on any atom is 0.237 e. The topological polar surface area (TPSA) is 113 Å². The minimum atomic E-state index is -3.23. The molecule has 0 saturated heterocycles. The van der Waals surface area contributed by atoms with Gasteiger partial charge in [0.1, 0.15) is 12.3 Å². The van der Waals surface area contributed by atoms with Crippen LogP contribution in [0.2, 0.25) is 0 Å². The van der Waals surface area contributed by atoms with E-state index in [-0.39, 0.29) is 5.75 Å². The Morgan fingerprint density at radius 1 is 1.11 bits per heavy atom. The molecule has 3 aliphatic heterocycles. The molecule has 5 heterocycles. The molecule has 0 radical (unpaired) electrons. The van der Waals surface area contributed by atoms with Crippen LogP contribution < -0.4 is 20.3 Å². The molecule has 182 valence electrons. The molecule has 0 saturated carbocycles. The molecule has 2 aromatic heterocycles. The summed E-state index contributed by atoms with van der Waals surface area (Å²) in [6.45, 7) is 5.40. The summed E-state index contributed by atoms with van der Waals surface area (Å²) in [6, 6.07) is 5.73. The molecule has 2 N–H and O–H groups in total. The van der Waals surface area contributed by atoms with E-state index in [0.717, 1.165) is 64.5 Å². The molecular weight excluding hydrogens is 466 g/mol. The molecule has 35 heavy (non-hydrogen) atoms. The number of rotatable bonds is 3. The third kappa shape index (κ3) is 4.04. The van der Waals surface area contributed by atoms with Gasteiger partial charge in [0.05, 0.1) is 29.9 Å². The number of sulfonamides is 1. The average Bonchev–Trinajstić information content (AvgIpc) is 2.85. The van der Waals surface area contributed by atoms with E-state index in [1.54, 1.807) is 7.05 Å². The fourth-order valence-corrected chi connectivity index (χ4v) is 6.10. The molecule has 0 unspecified atom stereocenters. The summed E-state index contributed by atoms with van der Waals surface area (Å²) in [7, 11) is -1.61. The Balaban J connectivity index is 1.23. The molecule has 3 aromatic rings. The van der Waals surface area contributed by atoms with Gasteiger partial charge >= 0.3 is 0 Å². The lowest BCUT2D eigenvalue weighted by molar-refractivity contribution is 0.310. The molecule has 0 aliphatic carbocycles. The lowest BCUT2D eigenvalue weighted by atomic mass is 10.0. The summed E-state index contributed by atoms with van der Waals surface area (Å²) in [5.41, 5.74) is 7.98. The molecule has 0 fully saturated rings. The Kier molecular flexibility index (Phi) is 5.26. The summed E-state index contributed by atoms with van der Waals surface area (Å²) in [5, 5.41) is 6.71. The van der Waals surface area contributed by atoms with Crippen LogP contribution in [0.5, 0.6) is 5.88 Å². The van der Waals surface area contributed by atoms with E-state index in [9.17, 15) is 8.42 Å². The Morgan fingerprint density at radius 2 is 2.00 bits per heavy atom. The van der Waals surface area contributed by atoms with Crippen LogP contribution in [0, 0.1) is 6.92 Å². The maximum absolute atomic E-state index is 12.2. The Labute approximate surface area is 204 Å². The van der Waals surface area contributed by atoms with Crippen molar-refractivity contribution in [3.8, 4) is 5.88 Å². The number of hydrogen-bond acceptors (Lipinski definition) is 9. The first kappa shape index (κ1) is 22.1. The van der Waals surface area contributed by atoms with Crippen LogP contribution in [0.25, 0.3) is 0 Å². The molecule has 0 atom stereocenters. The van der Waals surface area contributed by atoms with E-state index >= 15 is 0 Å². The van der Waals surface area contributed by atoms with Gasteiger partial charge in [-0.25, -0.2) is 27.7 Å². The first-order valence-corrected chi connectivity index (χ1v) is 13.3. The van der Waals surface area contributed by atoms with Gasteiger partial charge in [0, 0.05) is 44.1 Å². The molecule has 3 aliphatic rings. The Hall–Kier alpha value is -3.44. The highest BCUT2D eigenvalue weighted by Crippen LogP contribution is 2.36. The summed E-state index contributed by atoms with van der Waals surface area (Å²) < 4.78 is 31.4. The standard InChI is InChI=1S/C24H27N7O3S/c1-15-21(11-26-23-22(15)25-6-8-34-23)31-7-5-16-10-27-24(29-20(16)13-31)28-19-4-3-17-14-35(32,33)30(2)12-18(17)9-19/h3-4,9-11,25H,5-8,12-14H2,1-2H3,(H,27,28,29). The fourth-order valence-electron chi connectivity index (χ4n) is 4.86. The number of aromatic nitrogens is 3. The molecule has 6 rings (SSSR count). The van der Waals surface area contributed by atoms with Gasteiger partial charge in [0.25, 0.3) is 0 Å². The largest absolute Gasteiger partial charge is 0.474 e. The molecule has 0 spiro atoms. The molecule has 11 heteroatoms. The molecule has 1 aromatic carbocycles. The van der Waals surface area contributed by atoms with Gasteiger partial charge in [0.15, 0.2) is 0 Å². The van der Waals surface area contributed by atoms with Gasteiger partial charge in [-0.1, -0.05) is 6.07 Å². The second-order valence-electron chi connectivity index (χ2n) is 9.18. The third-order valence-electron chi connectivity index (χ3n) is 6.87. The highest BCUT2D eigenvalue weighted by atomic mass is 32.2. The van der Waals surface area contributed by atoms with Gasteiger partial charge in [0.2, 0.25) is 21.9 Å². The van der Waals surface area contributed by atoms with Gasteiger partial charge in [-0.2, -0.15) is 0 Å². The number of pyridine rings is 1. The third-order valence-corrected chi connectivity index (χ3v) is 8.63. The van der Waals surface area contributed by atoms with Crippen molar-refractivity contribution in [1.82, 2.24) is 19.3 Å². The van der Waals surface area contributed by atoms with Crippen LogP contribution in [0.15, 0.2) is 30.6 Å². The average molecular weight is 494 g/mol. The van der Waals surface area contributed by atoms with E-state index < -0.39 is 10.0 Å². The van der Waals surface area contributed by atoms with Crippen LogP contribution in [0.3, 0.4) is 0 Å². The normalized spacial score (nSPS) is 18.5. The van der Waals surface area contributed by atoms with Crippen molar-refractivity contribution in [2.75, 3.05) is 42.3 Å². The van der Waals surface area contributed by atoms with Gasteiger partial charge in [-0.3, -0.25) is 0 Å². The van der Waals surface area contributed by atoms with Crippen molar-refractivity contribution in [1.29, 1.82) is 0 Å². The second-order valence-corrected chi connectivity index (χ2v) is 11.3. The maximum atomic E-state index is 12.2. The van der Waals surface area contributed by atoms with Crippen molar-refractivity contribution < 1.29 is 13.2 Å². The van der Waals surface area contributed by atoms with Crippen LogP contribution in [-0.4, -0.2) is 54.4 Å². The predicted octanol–water partition coefficient (Wildman–Crippen LogP) is 2.57. The number of anilines is 4. The minimum Gasteiger partial charge on any atom is -0.474 e. The molecular formula is C24H27N7O3S. The van der Waals surface area contributed by atoms with E-state index in [2.05, 4.69) is 32.4 Å². The summed E-state index contributed by atoms with van der Waals surface area (Å²) in [6.07, 6.45) is 4.64. The monoisotopic (exact) mass is 493 g/mol. The van der Waals surface area contributed by atoms with Crippen molar-refractivity contribution >= 4 is 33.0 Å². The first-order valence-electron chi connectivity index (χ1n) is 11.7. The number of benzene rings is 1. The van der Waals surface area contributed by atoms with Gasteiger partial charge in [-0.15, -0.1) is 0 Å². The quantitative estimate of drug-likeness (QED) is 0.568. The highest BCUT2D eigenvalue weighted by Gasteiger charge is 2.27. The zero-order valence-corrected chi connectivity index (χ0v) is 20.5. The van der Waals surface area contributed by atoms with Gasteiger partial charge < -0.3 is 20.3 Å². The predicted molar refractivity (Wildman–Crippen MR) is 134 cm³/mol. The fraction of sp³-hybridized carbons (Fsp3) is 0.375. The summed E-state index contributed by atoms with van der Waals surface area (Å²) >= 11 is 0. The van der Waals surface area contributed by atoms with E-state index in [1.165, 1.54) is 4.31 Å². The smallest absolute Gasteiger partial charge is 0.237 e. The van der Waals surface area contributed by atoms with Gasteiger partial charge in [-0.05, 0) is 42.2 Å². The summed E-state index contributed by atoms with van der Waals surface area (Å²) in [4.78, 5) is 16.2. The second kappa shape index (κ2) is 8.35. The van der Waals surface area contributed by atoms with Crippen molar-refractivity contribution in [3.63, 3.8) is 0 Å². The molecule has 10 nitrogen and oxygen atoms in total. The number of nitrogens with one attached hydrogen (secondary N) is 2. The van der Waals surface area contributed by atoms with Crippen LogP contribution in [0.4, 0.5) is 23.0 Å². The molecule has 0 bridgehead atoms. The number of nitrogens with zero attached hydrogens (tertiary/aromatic N) is 5. The van der Waals surface area contributed by atoms with E-state index in [4.69, 9.17) is 9.72 Å². The van der Waals surface area contributed by atoms with Crippen LogP contribution >= 0.6 is 0 Å². The SMILES string of the molecule is Cc1c(N2CCc3cnc(Nc4ccc5c(c4)CN(C)S(=O)(=O)C5)nc3C2)cnc2c1NCCO2. The van der Waals surface area contributed by atoms with Crippen LogP contribution in [-0.2, 0) is 35.3 Å². The van der Waals surface area contributed by atoms with E-state index in [1.807, 2.05) is 30.6 Å². The van der Waals surface area contributed by atoms with E-state index in [0.29, 0.717) is 31.5 Å². The van der Waals surface area contributed by atoms with Crippen molar-refractivity contribution in [2.45, 2.75) is 32.2 Å². The minimum absolute atomic E-state index is 0.0307. The summed E-state index contributed by atoms with van der Waals surface area (Å²) in [5.74, 6) is 1.22. The first-order chi connectivity index (χ1) is 16.9. The zero-order chi connectivity index (χ0) is 24.2. The van der Waals surface area contributed by atoms with Crippen LogP contribution in [0.1, 0.15) is 27.9 Å². The number of hydrogen-bond donors (Lipinski definition) is 2. The highest BCUT2D eigenvalue weighted by molar-refractivity contribution is 7.88. The number of fused-ring (bicyclic) bond motifs is 3. The Bertz CT molecular complexity index is 1430.